The third-order valence-electron chi connectivity index (χ3n) is 2.01. The molecule has 1 aromatic rings. The van der Waals surface area contributed by atoms with Gasteiger partial charge in [-0.2, -0.15) is 0 Å². The standard InChI is InChI=1S/C11H16FN/c1-3-7-13-11-6-5-9(4-2)8-10(11)12/h5-6,8,13H,3-4,7H2,1-2H3. The molecule has 13 heavy (non-hydrogen) atoms. The third kappa shape index (κ3) is 2.72. The van der Waals surface area contributed by atoms with E-state index >= 15 is 0 Å². The van der Waals surface area contributed by atoms with E-state index in [2.05, 4.69) is 12.2 Å². The highest BCUT2D eigenvalue weighted by atomic mass is 19.1. The number of hydrogen-bond acceptors (Lipinski definition) is 1. The first-order valence-corrected chi connectivity index (χ1v) is 4.80. The van der Waals surface area contributed by atoms with Gasteiger partial charge >= 0.3 is 0 Å². The summed E-state index contributed by atoms with van der Waals surface area (Å²) in [6.07, 6.45) is 1.89. The fourth-order valence-corrected chi connectivity index (χ4v) is 1.18. The monoisotopic (exact) mass is 181 g/mol. The molecule has 0 amide bonds. The first kappa shape index (κ1) is 10.0. The number of nitrogens with one attached hydrogen (secondary N) is 1. The van der Waals surface area contributed by atoms with E-state index in [1.807, 2.05) is 19.1 Å². The Morgan fingerprint density at radius 1 is 1.31 bits per heavy atom. The zero-order chi connectivity index (χ0) is 9.68. The highest BCUT2D eigenvalue weighted by Crippen LogP contribution is 2.15. The van der Waals surface area contributed by atoms with Gasteiger partial charge in [0.2, 0.25) is 0 Å². The highest BCUT2D eigenvalue weighted by molar-refractivity contribution is 5.46. The van der Waals surface area contributed by atoms with E-state index in [0.717, 1.165) is 24.9 Å². The molecular formula is C11H16FN. The van der Waals surface area contributed by atoms with E-state index in [4.69, 9.17) is 0 Å². The lowest BCUT2D eigenvalue weighted by molar-refractivity contribution is 0.628. The second kappa shape index (κ2) is 4.85. The predicted molar refractivity (Wildman–Crippen MR) is 54.6 cm³/mol. The molecule has 0 saturated heterocycles. The Balaban J connectivity index is 2.73. The Bertz CT molecular complexity index is 271. The SMILES string of the molecule is CCCNc1ccc(CC)cc1F. The molecule has 1 nitrogen and oxygen atoms in total. The summed E-state index contributed by atoms with van der Waals surface area (Å²) in [4.78, 5) is 0. The summed E-state index contributed by atoms with van der Waals surface area (Å²) in [6, 6.07) is 5.36. The first-order valence-electron chi connectivity index (χ1n) is 4.80. The lowest BCUT2D eigenvalue weighted by Gasteiger charge is -2.06. The van der Waals surface area contributed by atoms with E-state index in [1.165, 1.54) is 0 Å². The van der Waals surface area contributed by atoms with Gasteiger partial charge in [0.25, 0.3) is 0 Å². The second-order valence-corrected chi connectivity index (χ2v) is 3.09. The lowest BCUT2D eigenvalue weighted by Crippen LogP contribution is -2.02. The lowest BCUT2D eigenvalue weighted by atomic mass is 10.1. The van der Waals surface area contributed by atoms with E-state index in [9.17, 15) is 4.39 Å². The second-order valence-electron chi connectivity index (χ2n) is 3.09. The minimum atomic E-state index is -0.146. The van der Waals surface area contributed by atoms with Crippen molar-refractivity contribution < 1.29 is 4.39 Å². The molecule has 0 saturated carbocycles. The highest BCUT2D eigenvalue weighted by Gasteiger charge is 2.00. The van der Waals surface area contributed by atoms with Crippen LogP contribution < -0.4 is 5.32 Å². The predicted octanol–water partition coefficient (Wildman–Crippen LogP) is 3.21. The van der Waals surface area contributed by atoms with E-state index in [1.54, 1.807) is 6.07 Å². The zero-order valence-electron chi connectivity index (χ0n) is 8.23. The average molecular weight is 181 g/mol. The van der Waals surface area contributed by atoms with Gasteiger partial charge in [0, 0.05) is 6.54 Å². The maximum atomic E-state index is 13.3. The average Bonchev–Trinajstić information content (AvgIpc) is 2.16. The van der Waals surface area contributed by atoms with Crippen LogP contribution in [0.2, 0.25) is 0 Å². The summed E-state index contributed by atoms with van der Waals surface area (Å²) in [6.45, 7) is 4.90. The maximum absolute atomic E-state index is 13.3. The van der Waals surface area contributed by atoms with Gasteiger partial charge in [0.15, 0.2) is 0 Å². The van der Waals surface area contributed by atoms with Crippen molar-refractivity contribution in [3.05, 3.63) is 29.6 Å². The molecule has 72 valence electrons. The van der Waals surface area contributed by atoms with Crippen LogP contribution >= 0.6 is 0 Å². The van der Waals surface area contributed by atoms with Crippen LogP contribution in [0.25, 0.3) is 0 Å². The number of aryl methyl sites for hydroxylation is 1. The summed E-state index contributed by atoms with van der Waals surface area (Å²) in [5.41, 5.74) is 1.65. The Labute approximate surface area is 79.0 Å². The van der Waals surface area contributed by atoms with E-state index in [0.29, 0.717) is 5.69 Å². The van der Waals surface area contributed by atoms with Gasteiger partial charge in [0.05, 0.1) is 5.69 Å². The number of anilines is 1. The van der Waals surface area contributed by atoms with E-state index in [-0.39, 0.29) is 5.82 Å². The Hall–Kier alpha value is -1.05. The molecule has 2 heteroatoms. The zero-order valence-corrected chi connectivity index (χ0v) is 8.23. The summed E-state index contributed by atoms with van der Waals surface area (Å²) in [5, 5.41) is 3.04. The minimum Gasteiger partial charge on any atom is -0.383 e. The molecule has 0 unspecified atom stereocenters. The van der Waals surface area contributed by atoms with Crippen molar-refractivity contribution in [1.29, 1.82) is 0 Å². The molecule has 0 heterocycles. The molecule has 0 atom stereocenters. The summed E-state index contributed by atoms with van der Waals surface area (Å²) in [5.74, 6) is -0.146. The fourth-order valence-electron chi connectivity index (χ4n) is 1.18. The summed E-state index contributed by atoms with van der Waals surface area (Å²) < 4.78 is 13.3. The largest absolute Gasteiger partial charge is 0.383 e. The molecule has 0 aromatic heterocycles. The van der Waals surface area contributed by atoms with Crippen molar-refractivity contribution >= 4 is 5.69 Å². The molecular weight excluding hydrogens is 165 g/mol. The van der Waals surface area contributed by atoms with Crippen molar-refractivity contribution in [2.24, 2.45) is 0 Å². The van der Waals surface area contributed by atoms with Crippen LogP contribution in [0.1, 0.15) is 25.8 Å². The van der Waals surface area contributed by atoms with Gasteiger partial charge in [-0.1, -0.05) is 19.9 Å². The van der Waals surface area contributed by atoms with Crippen LogP contribution in [0.5, 0.6) is 0 Å². The van der Waals surface area contributed by atoms with Crippen LogP contribution in [-0.4, -0.2) is 6.54 Å². The van der Waals surface area contributed by atoms with Gasteiger partial charge in [-0.25, -0.2) is 4.39 Å². The number of halogens is 1. The molecule has 0 fully saturated rings. The summed E-state index contributed by atoms with van der Waals surface area (Å²) in [7, 11) is 0. The molecule has 1 aromatic carbocycles. The first-order chi connectivity index (χ1) is 6.27. The molecule has 0 aliphatic rings. The fraction of sp³-hybridized carbons (Fsp3) is 0.455. The minimum absolute atomic E-state index is 0.146. The molecule has 0 spiro atoms. The quantitative estimate of drug-likeness (QED) is 0.752. The van der Waals surface area contributed by atoms with E-state index < -0.39 is 0 Å². The Morgan fingerprint density at radius 2 is 2.08 bits per heavy atom. The topological polar surface area (TPSA) is 12.0 Å². The number of hydrogen-bond donors (Lipinski definition) is 1. The molecule has 0 radical (unpaired) electrons. The molecule has 1 N–H and O–H groups in total. The molecule has 0 bridgehead atoms. The number of benzene rings is 1. The van der Waals surface area contributed by atoms with Gasteiger partial charge < -0.3 is 5.32 Å². The van der Waals surface area contributed by atoms with Crippen LogP contribution in [0.4, 0.5) is 10.1 Å². The van der Waals surface area contributed by atoms with Crippen molar-refractivity contribution in [3.63, 3.8) is 0 Å². The van der Waals surface area contributed by atoms with Gasteiger partial charge in [0.1, 0.15) is 5.82 Å². The van der Waals surface area contributed by atoms with Gasteiger partial charge in [-0.05, 0) is 30.5 Å². The molecule has 0 aliphatic heterocycles. The van der Waals surface area contributed by atoms with Crippen LogP contribution in [0.15, 0.2) is 18.2 Å². The van der Waals surface area contributed by atoms with Gasteiger partial charge in [-0.15, -0.1) is 0 Å². The number of rotatable bonds is 4. The van der Waals surface area contributed by atoms with Crippen molar-refractivity contribution in [2.75, 3.05) is 11.9 Å². The normalized spacial score (nSPS) is 10.1. The van der Waals surface area contributed by atoms with Crippen molar-refractivity contribution in [1.82, 2.24) is 0 Å². The summed E-state index contributed by atoms with van der Waals surface area (Å²) >= 11 is 0. The maximum Gasteiger partial charge on any atom is 0.146 e. The Morgan fingerprint density at radius 3 is 2.62 bits per heavy atom. The molecule has 1 rings (SSSR count). The van der Waals surface area contributed by atoms with Crippen LogP contribution in [-0.2, 0) is 6.42 Å². The Kier molecular flexibility index (Phi) is 3.74. The van der Waals surface area contributed by atoms with Gasteiger partial charge in [-0.3, -0.25) is 0 Å². The van der Waals surface area contributed by atoms with Crippen LogP contribution in [0, 0.1) is 5.82 Å². The smallest absolute Gasteiger partial charge is 0.146 e. The van der Waals surface area contributed by atoms with Crippen molar-refractivity contribution in [3.8, 4) is 0 Å². The van der Waals surface area contributed by atoms with Crippen molar-refractivity contribution in [2.45, 2.75) is 26.7 Å². The van der Waals surface area contributed by atoms with Crippen LogP contribution in [0.3, 0.4) is 0 Å². The molecule has 0 aliphatic carbocycles. The third-order valence-corrected chi connectivity index (χ3v) is 2.01.